The van der Waals surface area contributed by atoms with Crippen LogP contribution in [0.5, 0.6) is 0 Å². The van der Waals surface area contributed by atoms with Crippen LogP contribution in [0.1, 0.15) is 20.6 Å². The smallest absolute Gasteiger partial charge is 0.136 e. The Morgan fingerprint density at radius 2 is 0.956 bits per heavy atom. The zero-order chi connectivity index (χ0) is 42.8. The van der Waals surface area contributed by atoms with Crippen LogP contribution in [-0.2, 0) is 0 Å². The van der Waals surface area contributed by atoms with Crippen molar-refractivity contribution in [2.75, 3.05) is 0 Å². The Hall–Kier alpha value is -5.92. The lowest BCUT2D eigenvalue weighted by Gasteiger charge is -2.19. The van der Waals surface area contributed by atoms with Crippen molar-refractivity contribution in [3.63, 3.8) is 0 Å². The van der Waals surface area contributed by atoms with Gasteiger partial charge < -0.3 is 4.42 Å². The molecular formula is C44H28O. The quantitative estimate of drug-likeness (QED) is 0.187. The first-order valence-corrected chi connectivity index (χ1v) is 14.2. The second kappa shape index (κ2) is 10.4. The molecule has 1 heteroatoms. The minimum absolute atomic E-state index is 0.0202. The Bertz CT molecular complexity index is 3290. The first kappa shape index (κ1) is 14.7. The molecule has 1 heterocycles. The lowest BCUT2D eigenvalue weighted by Crippen LogP contribution is -1.92. The van der Waals surface area contributed by atoms with Gasteiger partial charge >= 0.3 is 0 Å². The van der Waals surface area contributed by atoms with Crippen molar-refractivity contribution in [1.29, 1.82) is 0 Å². The first-order valence-electron chi connectivity index (χ1n) is 21.7. The van der Waals surface area contributed by atoms with Crippen LogP contribution in [0.3, 0.4) is 0 Å². The van der Waals surface area contributed by atoms with Gasteiger partial charge in [-0.3, -0.25) is 0 Å². The SMILES string of the molecule is [2H]c1c([2H])c([2H])c(-c2c([2H])c([2H])c([2H])c([2H])c2-c2c3ccccc3c(-c3c([2H])c([2H])c4oc5c([2H])c(-c6ccccc6)c([2H])c([2H])c5c4c3[2H])c3ccccc23)c([2H])c1[2H]. The highest BCUT2D eigenvalue weighted by Crippen LogP contribution is 2.46. The van der Waals surface area contributed by atoms with Crippen molar-refractivity contribution in [2.24, 2.45) is 0 Å². The highest BCUT2D eigenvalue weighted by Gasteiger charge is 2.19. The van der Waals surface area contributed by atoms with Gasteiger partial charge in [0.25, 0.3) is 0 Å². The van der Waals surface area contributed by atoms with Gasteiger partial charge in [0.15, 0.2) is 0 Å². The molecule has 0 fully saturated rings. The van der Waals surface area contributed by atoms with Gasteiger partial charge in [0.1, 0.15) is 11.2 Å². The highest BCUT2D eigenvalue weighted by atomic mass is 16.3. The molecule has 8 aromatic carbocycles. The molecule has 0 bridgehead atoms. The molecule has 0 saturated carbocycles. The van der Waals surface area contributed by atoms with E-state index in [1.54, 1.807) is 78.9 Å². The monoisotopic (exact) mass is 587 g/mol. The van der Waals surface area contributed by atoms with E-state index in [1.165, 1.54) is 0 Å². The van der Waals surface area contributed by atoms with E-state index >= 15 is 0 Å². The fraction of sp³-hybridized carbons (Fsp3) is 0. The third kappa shape index (κ3) is 4.17. The Morgan fingerprint density at radius 3 is 1.67 bits per heavy atom. The second-order valence-electron chi connectivity index (χ2n) is 10.5. The van der Waals surface area contributed by atoms with Crippen molar-refractivity contribution in [3.8, 4) is 44.5 Å². The zero-order valence-electron chi connectivity index (χ0n) is 38.4. The topological polar surface area (TPSA) is 13.1 Å². The molecule has 45 heavy (non-hydrogen) atoms. The van der Waals surface area contributed by atoms with Crippen molar-refractivity contribution in [1.82, 2.24) is 0 Å². The number of hydrogen-bond acceptors (Lipinski definition) is 1. The summed E-state index contributed by atoms with van der Waals surface area (Å²) in [5, 5.41) is 1.46. The van der Waals surface area contributed by atoms with E-state index < -0.39 is 72.0 Å². The van der Waals surface area contributed by atoms with Gasteiger partial charge in [-0.25, -0.2) is 0 Å². The average Bonchev–Trinajstić information content (AvgIpc) is 3.67. The summed E-state index contributed by atoms with van der Waals surface area (Å²) in [4.78, 5) is 0. The van der Waals surface area contributed by atoms with Crippen LogP contribution < -0.4 is 0 Å². The van der Waals surface area contributed by atoms with E-state index in [1.807, 2.05) is 0 Å². The molecule has 0 aliphatic heterocycles. The predicted octanol–water partition coefficient (Wildman–Crippen LogP) is 12.6. The molecule has 1 aromatic heterocycles. The molecule has 0 amide bonds. The van der Waals surface area contributed by atoms with Crippen molar-refractivity contribution >= 4 is 43.5 Å². The Labute approximate surface area is 282 Å². The summed E-state index contributed by atoms with van der Waals surface area (Å²) in [6.45, 7) is 0. The van der Waals surface area contributed by atoms with Crippen LogP contribution >= 0.6 is 0 Å². The predicted molar refractivity (Wildman–Crippen MR) is 190 cm³/mol. The van der Waals surface area contributed by atoms with Gasteiger partial charge in [0, 0.05) is 10.8 Å². The van der Waals surface area contributed by atoms with Gasteiger partial charge in [-0.2, -0.15) is 0 Å². The van der Waals surface area contributed by atoms with Crippen LogP contribution in [0, 0.1) is 0 Å². The van der Waals surface area contributed by atoms with Gasteiger partial charge in [-0.15, -0.1) is 0 Å². The number of fused-ring (bicyclic) bond motifs is 5. The Balaban J connectivity index is 1.45. The van der Waals surface area contributed by atoms with E-state index in [0.717, 1.165) is 0 Å². The third-order valence-electron chi connectivity index (χ3n) is 7.94. The Kier molecular flexibility index (Phi) is 3.39. The third-order valence-corrected chi connectivity index (χ3v) is 7.94. The molecule has 9 rings (SSSR count). The van der Waals surface area contributed by atoms with Gasteiger partial charge in [-0.05, 0) is 90.2 Å². The molecule has 9 aromatic rings. The summed E-state index contributed by atoms with van der Waals surface area (Å²) in [6, 6.07) is 14.5. The maximum absolute atomic E-state index is 9.74. The molecule has 0 atom stereocenters. The summed E-state index contributed by atoms with van der Waals surface area (Å²) in [6.07, 6.45) is 0. The van der Waals surface area contributed by atoms with E-state index in [-0.39, 0.29) is 73.9 Å². The number of benzene rings is 8. The fourth-order valence-electron chi connectivity index (χ4n) is 5.99. The van der Waals surface area contributed by atoms with Crippen LogP contribution in [0.15, 0.2) is 174 Å². The van der Waals surface area contributed by atoms with Crippen molar-refractivity contribution < 1.29 is 25.0 Å². The number of furan rings is 1. The van der Waals surface area contributed by atoms with E-state index in [4.69, 9.17) is 19.5 Å². The summed E-state index contributed by atoms with van der Waals surface area (Å²) < 4.78 is 140. The van der Waals surface area contributed by atoms with Crippen LogP contribution in [0.4, 0.5) is 0 Å². The van der Waals surface area contributed by atoms with E-state index in [2.05, 4.69) is 0 Å². The molecule has 1 nitrogen and oxygen atoms in total. The maximum Gasteiger partial charge on any atom is 0.136 e. The van der Waals surface area contributed by atoms with E-state index in [0.29, 0.717) is 32.7 Å². The van der Waals surface area contributed by atoms with Gasteiger partial charge in [0.05, 0.1) is 20.6 Å². The molecule has 0 N–H and O–H groups in total. The maximum atomic E-state index is 9.74. The minimum atomic E-state index is -0.684. The fourth-order valence-corrected chi connectivity index (χ4v) is 5.99. The van der Waals surface area contributed by atoms with E-state index in [9.17, 15) is 5.48 Å². The minimum Gasteiger partial charge on any atom is -0.456 e. The van der Waals surface area contributed by atoms with Gasteiger partial charge in [-0.1, -0.05) is 145 Å². The molecule has 210 valence electrons. The van der Waals surface area contributed by atoms with Crippen molar-refractivity contribution in [3.05, 3.63) is 169 Å². The molecule has 0 unspecified atom stereocenters. The van der Waals surface area contributed by atoms with Crippen LogP contribution in [0.2, 0.25) is 0 Å². The highest BCUT2D eigenvalue weighted by molar-refractivity contribution is 6.23. The summed E-state index contributed by atoms with van der Waals surface area (Å²) in [5.74, 6) is 0. The second-order valence-corrected chi connectivity index (χ2v) is 10.5. The summed E-state index contributed by atoms with van der Waals surface area (Å²) >= 11 is 0. The number of rotatable bonds is 4. The average molecular weight is 588 g/mol. The molecule has 0 aliphatic rings. The first-order chi connectivity index (χ1) is 28.6. The van der Waals surface area contributed by atoms with Crippen LogP contribution in [-0.4, -0.2) is 0 Å². The normalized spacial score (nSPS) is 16.2. The molecular weight excluding hydrogens is 544 g/mol. The largest absolute Gasteiger partial charge is 0.456 e. The lowest BCUT2D eigenvalue weighted by atomic mass is 9.83. The zero-order valence-corrected chi connectivity index (χ0v) is 23.4. The Morgan fingerprint density at radius 1 is 0.356 bits per heavy atom. The molecule has 0 spiro atoms. The van der Waals surface area contributed by atoms with Crippen LogP contribution in [0.25, 0.3) is 88.0 Å². The molecule has 0 radical (unpaired) electrons. The molecule has 0 saturated heterocycles. The standard InChI is InChI=1S/C44H28O/c1-3-13-29(14-4-1)31-23-25-34-40-27-32(24-26-41(40)45-42(34)28-31)43-36-19-9-11-21-38(36)44(39-22-12-10-20-37(39)43)35-18-8-7-17-33(35)30-15-5-2-6-16-30/h1-28H/i2D,5D,6D,7D,8D,15D,16D,17D,18D,23D,24D,25D,26D,27D,28D. The number of hydrogen-bond donors (Lipinski definition) is 0. The van der Waals surface area contributed by atoms with Crippen molar-refractivity contribution in [2.45, 2.75) is 0 Å². The lowest BCUT2D eigenvalue weighted by molar-refractivity contribution is 0.669. The summed E-state index contributed by atoms with van der Waals surface area (Å²) in [5.41, 5.74) is 0.0183. The molecule has 0 aliphatic carbocycles. The summed E-state index contributed by atoms with van der Waals surface area (Å²) in [7, 11) is 0. The van der Waals surface area contributed by atoms with Gasteiger partial charge in [0.2, 0.25) is 0 Å².